The van der Waals surface area contributed by atoms with Crippen molar-refractivity contribution < 1.29 is 38.5 Å². The number of aromatic nitrogens is 1. The number of nitrogens with one attached hydrogen (secondary N) is 1. The predicted octanol–water partition coefficient (Wildman–Crippen LogP) is 2.41. The zero-order valence-corrected chi connectivity index (χ0v) is 18.4. The second-order valence-corrected chi connectivity index (χ2v) is 9.35. The molecule has 0 bridgehead atoms. The Hall–Kier alpha value is -2.73. The Kier molecular flexibility index (Phi) is 6.72. The summed E-state index contributed by atoms with van der Waals surface area (Å²) >= 11 is 0.978. The maximum Gasteiger partial charge on any atom is 0.413 e. The van der Waals surface area contributed by atoms with E-state index >= 15 is 0 Å². The van der Waals surface area contributed by atoms with Crippen LogP contribution in [-0.4, -0.2) is 63.9 Å². The fourth-order valence-electron chi connectivity index (χ4n) is 2.03. The molecule has 12 heteroatoms. The van der Waals surface area contributed by atoms with Gasteiger partial charge in [-0.05, 0) is 41.5 Å². The van der Waals surface area contributed by atoms with Crippen LogP contribution in [0, 0.1) is 0 Å². The molecule has 11 nitrogen and oxygen atoms in total. The lowest BCUT2D eigenvalue weighted by molar-refractivity contribution is -0.236. The van der Waals surface area contributed by atoms with E-state index in [0.29, 0.717) is 0 Å². The average molecular weight is 443 g/mol. The van der Waals surface area contributed by atoms with E-state index in [2.05, 4.69) is 15.5 Å². The molecule has 0 unspecified atom stereocenters. The molecule has 2 N–H and O–H groups in total. The Morgan fingerprint density at radius 2 is 1.77 bits per heavy atom. The first-order valence-electron chi connectivity index (χ1n) is 8.97. The first kappa shape index (κ1) is 23.5. The number of ether oxygens (including phenoxy) is 3. The van der Waals surface area contributed by atoms with Crippen LogP contribution >= 0.6 is 11.3 Å². The SMILES string of the molecule is CC(C)(C)OC(=O)Nc1nc(C(=NOC2(C(=O)OC(C)(C)C)COC2)C(=O)O)cs1. The number of carboxylic acid groups (broad SMARTS) is 1. The molecule has 30 heavy (non-hydrogen) atoms. The van der Waals surface area contributed by atoms with Crippen molar-refractivity contribution in [1.29, 1.82) is 0 Å². The van der Waals surface area contributed by atoms with Crippen LogP contribution in [0.15, 0.2) is 10.5 Å². The lowest BCUT2D eigenvalue weighted by Crippen LogP contribution is -2.59. The van der Waals surface area contributed by atoms with Gasteiger partial charge in [0.2, 0.25) is 5.71 Å². The second-order valence-electron chi connectivity index (χ2n) is 8.49. The van der Waals surface area contributed by atoms with E-state index in [1.165, 1.54) is 5.38 Å². The second kappa shape index (κ2) is 8.56. The highest BCUT2D eigenvalue weighted by Gasteiger charge is 2.52. The van der Waals surface area contributed by atoms with E-state index < -0.39 is 40.5 Å². The van der Waals surface area contributed by atoms with E-state index in [4.69, 9.17) is 19.0 Å². The molecule has 1 aromatic rings. The van der Waals surface area contributed by atoms with Gasteiger partial charge in [0.05, 0.1) is 0 Å². The van der Waals surface area contributed by atoms with Gasteiger partial charge in [-0.1, -0.05) is 5.16 Å². The van der Waals surface area contributed by atoms with Crippen LogP contribution in [0.1, 0.15) is 47.2 Å². The highest BCUT2D eigenvalue weighted by molar-refractivity contribution is 7.14. The molecule has 166 valence electrons. The Bertz CT molecular complexity index is 846. The zero-order valence-electron chi connectivity index (χ0n) is 17.6. The van der Waals surface area contributed by atoms with Crippen molar-refractivity contribution >= 4 is 40.2 Å². The minimum atomic E-state index is -1.53. The lowest BCUT2D eigenvalue weighted by atomic mass is 10.0. The molecule has 1 saturated heterocycles. The molecule has 0 spiro atoms. The lowest BCUT2D eigenvalue weighted by Gasteiger charge is -2.37. The van der Waals surface area contributed by atoms with Crippen LogP contribution in [-0.2, 0) is 28.6 Å². The highest BCUT2D eigenvalue weighted by atomic mass is 32.1. The number of esters is 1. The summed E-state index contributed by atoms with van der Waals surface area (Å²) < 4.78 is 15.5. The van der Waals surface area contributed by atoms with Crippen LogP contribution < -0.4 is 5.32 Å². The fraction of sp³-hybridized carbons (Fsp3) is 0.611. The van der Waals surface area contributed by atoms with Crippen molar-refractivity contribution in [2.75, 3.05) is 18.5 Å². The van der Waals surface area contributed by atoms with Gasteiger partial charge in [0.1, 0.15) is 30.1 Å². The van der Waals surface area contributed by atoms with E-state index in [0.717, 1.165) is 11.3 Å². The quantitative estimate of drug-likeness (QED) is 0.384. The minimum Gasteiger partial charge on any atom is -0.476 e. The van der Waals surface area contributed by atoms with E-state index in [1.807, 2.05) is 0 Å². The Labute approximate surface area is 177 Å². The Morgan fingerprint density at radius 3 is 2.23 bits per heavy atom. The van der Waals surface area contributed by atoms with Crippen LogP contribution in [0.2, 0.25) is 0 Å². The number of hydrogen-bond donors (Lipinski definition) is 2. The Balaban J connectivity index is 2.15. The van der Waals surface area contributed by atoms with Crippen molar-refractivity contribution in [2.24, 2.45) is 5.16 Å². The van der Waals surface area contributed by atoms with Crippen LogP contribution in [0.5, 0.6) is 0 Å². The van der Waals surface area contributed by atoms with Gasteiger partial charge in [-0.25, -0.2) is 19.4 Å². The Morgan fingerprint density at radius 1 is 1.17 bits per heavy atom. The number of thiazole rings is 1. The monoisotopic (exact) mass is 443 g/mol. The molecule has 1 amide bonds. The van der Waals surface area contributed by atoms with Gasteiger partial charge in [-0.3, -0.25) is 5.32 Å². The number of rotatable bonds is 6. The average Bonchev–Trinajstić information content (AvgIpc) is 2.93. The third-order valence-electron chi connectivity index (χ3n) is 3.31. The van der Waals surface area contributed by atoms with Crippen molar-refractivity contribution in [2.45, 2.75) is 58.3 Å². The molecule has 0 aliphatic carbocycles. The molecular weight excluding hydrogens is 418 g/mol. The van der Waals surface area contributed by atoms with Gasteiger partial charge in [0.15, 0.2) is 5.13 Å². The fourth-order valence-corrected chi connectivity index (χ4v) is 2.71. The topological polar surface area (TPSA) is 146 Å². The zero-order chi connectivity index (χ0) is 22.7. The smallest absolute Gasteiger partial charge is 0.413 e. The third kappa shape index (κ3) is 6.39. The van der Waals surface area contributed by atoms with Gasteiger partial charge in [-0.15, -0.1) is 11.3 Å². The van der Waals surface area contributed by atoms with Crippen molar-refractivity contribution in [3.63, 3.8) is 0 Å². The molecular formula is C18H25N3O8S. The summed E-state index contributed by atoms with van der Waals surface area (Å²) in [5.74, 6) is -2.14. The number of hydrogen-bond acceptors (Lipinski definition) is 10. The number of nitrogens with zero attached hydrogens (tertiary/aromatic N) is 2. The van der Waals surface area contributed by atoms with Crippen molar-refractivity contribution in [3.8, 4) is 0 Å². The maximum absolute atomic E-state index is 12.4. The van der Waals surface area contributed by atoms with Gasteiger partial charge in [-0.2, -0.15) is 0 Å². The van der Waals surface area contributed by atoms with Crippen LogP contribution in [0.3, 0.4) is 0 Å². The van der Waals surface area contributed by atoms with Gasteiger partial charge in [0.25, 0.3) is 5.60 Å². The normalized spacial score (nSPS) is 16.3. The minimum absolute atomic E-state index is 0.0573. The standard InChI is InChI=1S/C18H25N3O8S/c1-16(2,3)27-13(24)18(8-26-9-18)29-21-11(12(22)23)10-7-30-14(19-10)20-15(25)28-17(4,5)6/h7H,8-9H2,1-6H3,(H,22,23)(H,19,20,25). The van der Waals surface area contributed by atoms with Crippen molar-refractivity contribution in [3.05, 3.63) is 11.1 Å². The van der Waals surface area contributed by atoms with Crippen LogP contribution in [0.4, 0.5) is 9.93 Å². The van der Waals surface area contributed by atoms with Gasteiger partial charge in [0, 0.05) is 5.38 Å². The summed E-state index contributed by atoms with van der Waals surface area (Å²) in [6, 6.07) is 0. The van der Waals surface area contributed by atoms with Gasteiger partial charge >= 0.3 is 18.0 Å². The van der Waals surface area contributed by atoms with E-state index in [1.54, 1.807) is 41.5 Å². The number of amides is 1. The molecule has 1 aromatic heterocycles. The van der Waals surface area contributed by atoms with Crippen molar-refractivity contribution in [1.82, 2.24) is 4.98 Å². The third-order valence-corrected chi connectivity index (χ3v) is 4.07. The summed E-state index contributed by atoms with van der Waals surface area (Å²) in [4.78, 5) is 45.2. The highest BCUT2D eigenvalue weighted by Crippen LogP contribution is 2.27. The summed E-state index contributed by atoms with van der Waals surface area (Å²) in [6.45, 7) is 9.95. The molecule has 2 heterocycles. The molecule has 1 aliphatic heterocycles. The number of aliphatic carboxylic acids is 1. The van der Waals surface area contributed by atoms with E-state index in [9.17, 15) is 19.5 Å². The predicted molar refractivity (Wildman–Crippen MR) is 107 cm³/mol. The molecule has 2 rings (SSSR count). The molecule has 0 radical (unpaired) electrons. The summed E-state index contributed by atoms with van der Waals surface area (Å²) in [7, 11) is 0. The number of carbonyl (C=O) groups is 3. The number of oxime groups is 1. The largest absolute Gasteiger partial charge is 0.476 e. The first-order valence-corrected chi connectivity index (χ1v) is 9.85. The maximum atomic E-state index is 12.4. The molecule has 1 aliphatic rings. The summed E-state index contributed by atoms with van der Waals surface area (Å²) in [5.41, 5.74) is -3.59. The molecule has 0 aromatic carbocycles. The number of carbonyl (C=O) groups excluding carboxylic acids is 2. The first-order chi connectivity index (χ1) is 13.7. The molecule has 0 saturated carbocycles. The summed E-state index contributed by atoms with van der Waals surface area (Å²) in [6.07, 6.45) is -0.732. The van der Waals surface area contributed by atoms with E-state index in [-0.39, 0.29) is 24.0 Å². The van der Waals surface area contributed by atoms with Gasteiger partial charge < -0.3 is 24.2 Å². The number of anilines is 1. The number of carboxylic acids is 1. The molecule has 0 atom stereocenters. The molecule has 1 fully saturated rings. The summed E-state index contributed by atoms with van der Waals surface area (Å²) in [5, 5.41) is 17.0. The van der Waals surface area contributed by atoms with Crippen LogP contribution in [0.25, 0.3) is 0 Å².